The van der Waals surface area contributed by atoms with E-state index in [1.54, 1.807) is 24.3 Å². The number of carboxylic acids is 1. The summed E-state index contributed by atoms with van der Waals surface area (Å²) in [6, 6.07) is 6.77. The van der Waals surface area contributed by atoms with Crippen molar-refractivity contribution in [1.82, 2.24) is 0 Å². The molecule has 0 spiro atoms. The fraction of sp³-hybridized carbons (Fsp3) is 0.333. The number of aliphatic hydroxyl groups excluding tert-OH is 1. The zero-order chi connectivity index (χ0) is 16.5. The Labute approximate surface area is 127 Å². The van der Waals surface area contributed by atoms with E-state index >= 15 is 0 Å². The number of hydrogen-bond donors (Lipinski definition) is 2. The molecule has 0 aromatic heterocycles. The number of carbonyl (C=O) groups excluding carboxylic acids is 1. The molecule has 7 nitrogen and oxygen atoms in total. The van der Waals surface area contributed by atoms with Crippen molar-refractivity contribution in [3.8, 4) is 5.75 Å². The highest BCUT2D eigenvalue weighted by molar-refractivity contribution is 5.84. The van der Waals surface area contributed by atoms with Crippen LogP contribution in [0.2, 0.25) is 0 Å². The van der Waals surface area contributed by atoms with Crippen LogP contribution in [0.15, 0.2) is 36.9 Å². The minimum Gasteiger partial charge on any atom is -0.497 e. The summed E-state index contributed by atoms with van der Waals surface area (Å²) in [6.45, 7) is 3.20. The molecule has 0 saturated carbocycles. The van der Waals surface area contributed by atoms with Crippen molar-refractivity contribution < 1.29 is 34.0 Å². The zero-order valence-corrected chi connectivity index (χ0v) is 12.1. The molecule has 1 aromatic rings. The Morgan fingerprint density at radius 3 is 2.45 bits per heavy atom. The second-order valence-electron chi connectivity index (χ2n) is 4.28. The molecule has 2 atom stereocenters. The maximum absolute atomic E-state index is 11.7. The summed E-state index contributed by atoms with van der Waals surface area (Å²) in [5.74, 6) is -1.89. The molecule has 1 aromatic carbocycles. The van der Waals surface area contributed by atoms with Crippen LogP contribution in [-0.4, -0.2) is 48.1 Å². The van der Waals surface area contributed by atoms with Crippen molar-refractivity contribution in [2.75, 3.05) is 13.7 Å². The molecule has 0 unspecified atom stereocenters. The minimum atomic E-state index is -2.02. The van der Waals surface area contributed by atoms with E-state index < -0.39 is 24.1 Å². The molecule has 1 rings (SSSR count). The normalized spacial score (nSPS) is 13.0. The van der Waals surface area contributed by atoms with E-state index in [0.29, 0.717) is 11.3 Å². The molecule has 0 saturated heterocycles. The van der Waals surface area contributed by atoms with Crippen LogP contribution in [-0.2, 0) is 25.7 Å². The van der Waals surface area contributed by atoms with Crippen molar-refractivity contribution in [2.45, 2.75) is 18.8 Å². The van der Waals surface area contributed by atoms with Gasteiger partial charge in [0.25, 0.3) is 0 Å². The first-order chi connectivity index (χ1) is 10.5. The highest BCUT2D eigenvalue weighted by Crippen LogP contribution is 2.14. The number of aliphatic hydroxyl groups is 1. The molecule has 0 bridgehead atoms. The summed E-state index contributed by atoms with van der Waals surface area (Å²) < 4.78 is 14.9. The van der Waals surface area contributed by atoms with Crippen LogP contribution < -0.4 is 4.74 Å². The summed E-state index contributed by atoms with van der Waals surface area (Å²) >= 11 is 0. The molecule has 7 heteroatoms. The van der Waals surface area contributed by atoms with E-state index in [-0.39, 0.29) is 13.2 Å². The number of carboxylic acid groups (broad SMARTS) is 1. The predicted molar refractivity (Wildman–Crippen MR) is 76.4 cm³/mol. The Morgan fingerprint density at radius 1 is 1.32 bits per heavy atom. The summed E-state index contributed by atoms with van der Waals surface area (Å²) in [5, 5.41) is 18.4. The van der Waals surface area contributed by atoms with E-state index in [2.05, 4.69) is 6.58 Å². The highest BCUT2D eigenvalue weighted by atomic mass is 16.6. The molecule has 2 N–H and O–H groups in total. The quantitative estimate of drug-likeness (QED) is 0.512. The number of ether oxygens (including phenoxy) is 3. The molecule has 0 aliphatic rings. The van der Waals surface area contributed by atoms with Crippen LogP contribution in [0.5, 0.6) is 5.75 Å². The molecule has 0 heterocycles. The second kappa shape index (κ2) is 8.81. The van der Waals surface area contributed by atoms with Gasteiger partial charge in [-0.05, 0) is 17.7 Å². The maximum atomic E-state index is 11.7. The number of esters is 1. The number of rotatable bonds is 9. The first-order valence-electron chi connectivity index (χ1n) is 6.42. The molecular formula is C15H18O7. The third-order valence-electron chi connectivity index (χ3n) is 2.70. The van der Waals surface area contributed by atoms with Gasteiger partial charge in [-0.15, -0.1) is 0 Å². The standard InChI is InChI=1S/C15H18O7/c1-3-8-21-15(19)13(12(16)14(17)18)22-9-10-4-6-11(20-2)7-5-10/h3-7,12-13,16H,1,8-9H2,2H3,(H,17,18)/t12-,13-/m1/s1. The molecular weight excluding hydrogens is 292 g/mol. The van der Waals surface area contributed by atoms with E-state index in [1.807, 2.05) is 0 Å². The van der Waals surface area contributed by atoms with Gasteiger partial charge in [-0.25, -0.2) is 9.59 Å². The topological polar surface area (TPSA) is 102 Å². The van der Waals surface area contributed by atoms with Gasteiger partial charge in [0.05, 0.1) is 13.7 Å². The third-order valence-corrected chi connectivity index (χ3v) is 2.70. The fourth-order valence-corrected chi connectivity index (χ4v) is 1.55. The number of aliphatic carboxylic acids is 1. The van der Waals surface area contributed by atoms with Gasteiger partial charge in [-0.1, -0.05) is 24.8 Å². The van der Waals surface area contributed by atoms with Gasteiger partial charge < -0.3 is 24.4 Å². The van der Waals surface area contributed by atoms with Crippen LogP contribution >= 0.6 is 0 Å². The van der Waals surface area contributed by atoms with Gasteiger partial charge in [0.15, 0.2) is 12.2 Å². The molecule has 0 fully saturated rings. The van der Waals surface area contributed by atoms with Crippen LogP contribution in [0.1, 0.15) is 5.56 Å². The minimum absolute atomic E-state index is 0.0673. The number of benzene rings is 1. The van der Waals surface area contributed by atoms with Gasteiger partial charge >= 0.3 is 11.9 Å². The first-order valence-corrected chi connectivity index (χ1v) is 6.42. The van der Waals surface area contributed by atoms with Crippen molar-refractivity contribution in [3.63, 3.8) is 0 Å². The zero-order valence-electron chi connectivity index (χ0n) is 12.1. The monoisotopic (exact) mass is 310 g/mol. The highest BCUT2D eigenvalue weighted by Gasteiger charge is 2.34. The van der Waals surface area contributed by atoms with Crippen LogP contribution in [0.25, 0.3) is 0 Å². The Morgan fingerprint density at radius 2 is 1.95 bits per heavy atom. The van der Waals surface area contributed by atoms with Crippen LogP contribution in [0, 0.1) is 0 Å². The van der Waals surface area contributed by atoms with Crippen LogP contribution in [0.4, 0.5) is 0 Å². The number of carbonyl (C=O) groups is 2. The average Bonchev–Trinajstić information content (AvgIpc) is 2.53. The molecule has 120 valence electrons. The SMILES string of the molecule is C=CCOC(=O)[C@H](OCc1ccc(OC)cc1)[C@@H](O)C(=O)O. The molecule has 22 heavy (non-hydrogen) atoms. The predicted octanol–water partition coefficient (Wildman–Crippen LogP) is 0.755. The van der Waals surface area contributed by atoms with Crippen molar-refractivity contribution in [1.29, 1.82) is 0 Å². The maximum Gasteiger partial charge on any atom is 0.338 e. The van der Waals surface area contributed by atoms with Gasteiger partial charge in [-0.2, -0.15) is 0 Å². The Balaban J connectivity index is 2.72. The second-order valence-corrected chi connectivity index (χ2v) is 4.28. The van der Waals surface area contributed by atoms with E-state index in [4.69, 9.17) is 19.3 Å². The van der Waals surface area contributed by atoms with E-state index in [0.717, 1.165) is 0 Å². The Bertz CT molecular complexity index is 509. The summed E-state index contributed by atoms with van der Waals surface area (Å²) in [7, 11) is 1.53. The smallest absolute Gasteiger partial charge is 0.338 e. The van der Waals surface area contributed by atoms with Crippen molar-refractivity contribution in [3.05, 3.63) is 42.5 Å². The van der Waals surface area contributed by atoms with E-state index in [9.17, 15) is 14.7 Å². The molecule has 0 aliphatic heterocycles. The largest absolute Gasteiger partial charge is 0.497 e. The van der Waals surface area contributed by atoms with Gasteiger partial charge in [0.2, 0.25) is 0 Å². The number of methoxy groups -OCH3 is 1. The lowest BCUT2D eigenvalue weighted by Gasteiger charge is -2.19. The average molecular weight is 310 g/mol. The van der Waals surface area contributed by atoms with Gasteiger partial charge in [0, 0.05) is 0 Å². The summed E-state index contributed by atoms with van der Waals surface area (Å²) in [6.07, 6.45) is -2.32. The number of hydrogen-bond acceptors (Lipinski definition) is 6. The lowest BCUT2D eigenvalue weighted by Crippen LogP contribution is -2.42. The third kappa shape index (κ3) is 5.19. The lowest BCUT2D eigenvalue weighted by molar-refractivity contribution is -0.175. The first kappa shape index (κ1) is 17.7. The molecule has 0 radical (unpaired) electrons. The van der Waals surface area contributed by atoms with Gasteiger partial charge in [0.1, 0.15) is 12.4 Å². The fourth-order valence-electron chi connectivity index (χ4n) is 1.55. The van der Waals surface area contributed by atoms with E-state index in [1.165, 1.54) is 13.2 Å². The van der Waals surface area contributed by atoms with Crippen molar-refractivity contribution in [2.24, 2.45) is 0 Å². The summed E-state index contributed by atoms with van der Waals surface area (Å²) in [5.41, 5.74) is 0.680. The Hall–Kier alpha value is -2.38. The molecule has 0 aliphatic carbocycles. The Kier molecular flexibility index (Phi) is 7.07. The lowest BCUT2D eigenvalue weighted by atomic mass is 10.2. The van der Waals surface area contributed by atoms with Crippen molar-refractivity contribution >= 4 is 11.9 Å². The molecule has 0 amide bonds. The van der Waals surface area contributed by atoms with Crippen LogP contribution in [0.3, 0.4) is 0 Å². The summed E-state index contributed by atoms with van der Waals surface area (Å²) in [4.78, 5) is 22.6. The van der Waals surface area contributed by atoms with Gasteiger partial charge in [-0.3, -0.25) is 0 Å².